The van der Waals surface area contributed by atoms with Gasteiger partial charge in [0.05, 0.1) is 31.3 Å². The fourth-order valence-electron chi connectivity index (χ4n) is 2.45. The molecular weight excluding hydrogens is 378 g/mol. The number of nitrogens with one attached hydrogen (secondary N) is 1. The Hall–Kier alpha value is -3.62. The molecule has 0 radical (unpaired) electrons. The fourth-order valence-corrected chi connectivity index (χ4v) is 2.45. The van der Waals surface area contributed by atoms with Crippen molar-refractivity contribution < 1.29 is 24.3 Å². The highest BCUT2D eigenvalue weighted by Gasteiger charge is 2.22. The lowest BCUT2D eigenvalue weighted by atomic mass is 10.1. The molecule has 1 amide bonds. The summed E-state index contributed by atoms with van der Waals surface area (Å²) < 4.78 is 10.8. The molecule has 29 heavy (non-hydrogen) atoms. The minimum atomic E-state index is -0.551. The van der Waals surface area contributed by atoms with Gasteiger partial charge in [0.15, 0.2) is 5.75 Å². The number of hydrogen-bond donors (Lipinski definition) is 2. The fraction of sp³-hybridized carbons (Fsp3) is 0.300. The molecule has 2 aromatic carbocycles. The van der Waals surface area contributed by atoms with Gasteiger partial charge in [-0.3, -0.25) is 14.9 Å². The molecule has 9 nitrogen and oxygen atoms in total. The number of carbonyl (C=O) groups is 1. The number of ether oxygens (including phenoxy) is 2. The molecule has 0 saturated carbocycles. The maximum Gasteiger partial charge on any atom is 0.315 e. The molecule has 0 unspecified atom stereocenters. The molecule has 0 aliphatic rings. The van der Waals surface area contributed by atoms with Crippen LogP contribution in [0.1, 0.15) is 30.9 Å². The first-order valence-electron chi connectivity index (χ1n) is 9.03. The molecule has 0 atom stereocenters. The Morgan fingerprint density at radius 1 is 1.31 bits per heavy atom. The number of amides is 1. The van der Waals surface area contributed by atoms with Crippen molar-refractivity contribution >= 4 is 17.8 Å². The second-order valence-electron chi connectivity index (χ2n) is 6.17. The second kappa shape index (κ2) is 10.6. The third-order valence-corrected chi connectivity index (χ3v) is 3.92. The third-order valence-electron chi connectivity index (χ3n) is 3.92. The molecule has 0 aromatic heterocycles. The van der Waals surface area contributed by atoms with Crippen LogP contribution in [0.5, 0.6) is 17.2 Å². The summed E-state index contributed by atoms with van der Waals surface area (Å²) in [6.45, 7) is 2.33. The topological polar surface area (TPSA) is 123 Å². The molecule has 0 fully saturated rings. The summed E-state index contributed by atoms with van der Waals surface area (Å²) in [5, 5.41) is 24.5. The summed E-state index contributed by atoms with van der Waals surface area (Å²) in [4.78, 5) is 22.8. The summed E-state index contributed by atoms with van der Waals surface area (Å²) in [7, 11) is 1.39. The highest BCUT2D eigenvalue weighted by atomic mass is 16.6. The molecule has 0 aliphatic carbocycles. The van der Waals surface area contributed by atoms with Gasteiger partial charge in [-0.05, 0) is 30.2 Å². The second-order valence-corrected chi connectivity index (χ2v) is 6.17. The molecule has 9 heteroatoms. The summed E-state index contributed by atoms with van der Waals surface area (Å²) in [6, 6.07) is 9.08. The van der Waals surface area contributed by atoms with E-state index in [4.69, 9.17) is 9.47 Å². The number of phenols is 1. The molecule has 0 bridgehead atoms. The van der Waals surface area contributed by atoms with E-state index in [1.54, 1.807) is 18.2 Å². The summed E-state index contributed by atoms with van der Waals surface area (Å²) in [6.07, 6.45) is 3.02. The number of aromatic hydroxyl groups is 1. The predicted molar refractivity (Wildman–Crippen MR) is 108 cm³/mol. The smallest absolute Gasteiger partial charge is 0.315 e. The molecule has 0 saturated heterocycles. The lowest BCUT2D eigenvalue weighted by molar-refractivity contribution is -0.386. The highest BCUT2D eigenvalue weighted by Crippen LogP contribution is 2.38. The van der Waals surface area contributed by atoms with Gasteiger partial charge in [-0.25, -0.2) is 5.43 Å². The first-order valence-corrected chi connectivity index (χ1v) is 9.03. The average Bonchev–Trinajstić information content (AvgIpc) is 2.70. The molecule has 2 N–H and O–H groups in total. The number of hydrazone groups is 1. The Balaban J connectivity index is 2.10. The monoisotopic (exact) mass is 401 g/mol. The van der Waals surface area contributed by atoms with Gasteiger partial charge in [0.1, 0.15) is 5.75 Å². The highest BCUT2D eigenvalue weighted by molar-refractivity contribution is 5.85. The van der Waals surface area contributed by atoms with Crippen LogP contribution >= 0.6 is 0 Å². The van der Waals surface area contributed by atoms with Crippen LogP contribution in [0.2, 0.25) is 0 Å². The van der Waals surface area contributed by atoms with Gasteiger partial charge >= 0.3 is 5.69 Å². The van der Waals surface area contributed by atoms with E-state index in [9.17, 15) is 20.0 Å². The zero-order chi connectivity index (χ0) is 21.2. The first kappa shape index (κ1) is 21.7. The molecular formula is C20H23N3O6. The van der Waals surface area contributed by atoms with Crippen LogP contribution in [0, 0.1) is 10.1 Å². The van der Waals surface area contributed by atoms with E-state index in [1.165, 1.54) is 31.5 Å². The molecule has 0 heterocycles. The van der Waals surface area contributed by atoms with Crippen molar-refractivity contribution in [2.75, 3.05) is 13.7 Å². The van der Waals surface area contributed by atoms with Gasteiger partial charge in [0.25, 0.3) is 0 Å². The van der Waals surface area contributed by atoms with Crippen molar-refractivity contribution in [2.45, 2.75) is 26.2 Å². The number of nitro benzene ring substituents is 1. The van der Waals surface area contributed by atoms with Crippen LogP contribution in [0.3, 0.4) is 0 Å². The molecule has 0 spiro atoms. The van der Waals surface area contributed by atoms with Gasteiger partial charge in [-0.15, -0.1) is 0 Å². The van der Waals surface area contributed by atoms with Crippen LogP contribution in [0.4, 0.5) is 5.69 Å². The van der Waals surface area contributed by atoms with Crippen molar-refractivity contribution in [2.24, 2.45) is 5.10 Å². The van der Waals surface area contributed by atoms with Crippen molar-refractivity contribution in [1.29, 1.82) is 0 Å². The van der Waals surface area contributed by atoms with E-state index in [-0.39, 0.29) is 35.3 Å². The Morgan fingerprint density at radius 3 is 2.66 bits per heavy atom. The van der Waals surface area contributed by atoms with Crippen LogP contribution in [0.25, 0.3) is 0 Å². The minimum absolute atomic E-state index is 0.0689. The maximum absolute atomic E-state index is 11.9. The van der Waals surface area contributed by atoms with E-state index in [0.29, 0.717) is 17.7 Å². The number of nitrogens with zero attached hydrogens (tertiary/aromatic N) is 2. The van der Waals surface area contributed by atoms with Crippen molar-refractivity contribution in [3.8, 4) is 17.2 Å². The number of carbonyl (C=O) groups excluding carboxylic acids is 1. The number of unbranched alkanes of at least 4 members (excludes halogenated alkanes) is 1. The predicted octanol–water partition coefficient (Wildman–Crippen LogP) is 3.18. The minimum Gasteiger partial charge on any atom is -0.508 e. The maximum atomic E-state index is 11.9. The number of phenolic OH excluding ortho intramolecular Hbond substituents is 1. The van der Waals surface area contributed by atoms with E-state index < -0.39 is 4.92 Å². The SMILES string of the molecule is CCCCOc1c(OC)cc(/C=N\NC(=O)Cc2ccc(O)cc2)cc1[N+](=O)[O-]. The number of methoxy groups -OCH3 is 1. The van der Waals surface area contributed by atoms with Crippen LogP contribution in [0.15, 0.2) is 41.5 Å². The zero-order valence-electron chi connectivity index (χ0n) is 16.3. The van der Waals surface area contributed by atoms with Crippen molar-refractivity contribution in [3.05, 3.63) is 57.6 Å². The van der Waals surface area contributed by atoms with Gasteiger partial charge < -0.3 is 14.6 Å². The molecule has 154 valence electrons. The molecule has 0 aliphatic heterocycles. The Bertz CT molecular complexity index is 881. The Kier molecular flexibility index (Phi) is 7.96. The van der Waals surface area contributed by atoms with Gasteiger partial charge in [0.2, 0.25) is 11.7 Å². The number of hydrogen-bond acceptors (Lipinski definition) is 7. The largest absolute Gasteiger partial charge is 0.508 e. The summed E-state index contributed by atoms with van der Waals surface area (Å²) in [5.41, 5.74) is 3.21. The molecule has 2 rings (SSSR count). The van der Waals surface area contributed by atoms with Crippen molar-refractivity contribution in [1.82, 2.24) is 5.43 Å². The first-order chi connectivity index (χ1) is 13.9. The summed E-state index contributed by atoms with van der Waals surface area (Å²) in [5.74, 6) is 0.0319. The van der Waals surface area contributed by atoms with E-state index in [2.05, 4.69) is 10.5 Å². The zero-order valence-corrected chi connectivity index (χ0v) is 16.3. The van der Waals surface area contributed by atoms with E-state index >= 15 is 0 Å². The Morgan fingerprint density at radius 2 is 2.03 bits per heavy atom. The number of rotatable bonds is 10. The third kappa shape index (κ3) is 6.49. The number of benzene rings is 2. The molecule has 2 aromatic rings. The van der Waals surface area contributed by atoms with E-state index in [1.807, 2.05) is 6.92 Å². The van der Waals surface area contributed by atoms with Gasteiger partial charge in [0, 0.05) is 11.6 Å². The normalized spacial score (nSPS) is 10.7. The lowest BCUT2D eigenvalue weighted by Gasteiger charge is -2.11. The van der Waals surface area contributed by atoms with Crippen LogP contribution in [-0.2, 0) is 11.2 Å². The van der Waals surface area contributed by atoms with Gasteiger partial charge in [-0.2, -0.15) is 5.10 Å². The van der Waals surface area contributed by atoms with Crippen molar-refractivity contribution in [3.63, 3.8) is 0 Å². The quantitative estimate of drug-likeness (QED) is 0.273. The average molecular weight is 401 g/mol. The standard InChI is InChI=1S/C20H23N3O6/c1-3-4-9-29-20-17(23(26)27)10-15(11-18(20)28-2)13-21-22-19(25)12-14-5-7-16(24)8-6-14/h5-8,10-11,13,24H,3-4,9,12H2,1-2H3,(H,22,25)/b21-13-. The number of nitro groups is 1. The lowest BCUT2D eigenvalue weighted by Crippen LogP contribution is -2.19. The van der Waals surface area contributed by atoms with Gasteiger partial charge in [-0.1, -0.05) is 25.5 Å². The Labute approximate surface area is 168 Å². The summed E-state index contributed by atoms with van der Waals surface area (Å²) >= 11 is 0. The van der Waals surface area contributed by atoms with E-state index in [0.717, 1.165) is 12.8 Å². The van der Waals surface area contributed by atoms with Crippen LogP contribution in [-0.4, -0.2) is 35.9 Å². The van der Waals surface area contributed by atoms with Crippen LogP contribution < -0.4 is 14.9 Å².